The summed E-state index contributed by atoms with van der Waals surface area (Å²) in [6.45, 7) is 1.55. The van der Waals surface area contributed by atoms with Gasteiger partial charge in [-0.2, -0.15) is 0 Å². The molecular formula is C23H28ClNO3. The highest BCUT2D eigenvalue weighted by Crippen LogP contribution is 2.50. The van der Waals surface area contributed by atoms with E-state index in [-0.39, 0.29) is 17.7 Å². The van der Waals surface area contributed by atoms with Crippen molar-refractivity contribution >= 4 is 11.6 Å². The fraction of sp³-hybridized carbons (Fsp3) is 0.478. The molecule has 0 amide bonds. The van der Waals surface area contributed by atoms with Gasteiger partial charge in [-0.3, -0.25) is 4.90 Å². The lowest BCUT2D eigenvalue weighted by Gasteiger charge is -2.53. The third-order valence-corrected chi connectivity index (χ3v) is 6.92. The minimum atomic E-state index is -0.620. The van der Waals surface area contributed by atoms with Crippen LogP contribution in [0.4, 0.5) is 0 Å². The van der Waals surface area contributed by atoms with Crippen LogP contribution < -0.4 is 4.74 Å². The molecule has 0 spiro atoms. The standard InChI is InChI=1S/C23H28ClNO3/c1-28-21-14-16(9-10-20(21)26)22-18-7-4-5-11-23(18,27)12-13-25(22)15-17-6-2-3-8-19(17)24/h2-3,6,8-10,14,18,22,26-27H,4-5,7,11-13,15H2,1H3/t18-,22+,23-/m0/s1. The van der Waals surface area contributed by atoms with Crippen LogP contribution in [0.25, 0.3) is 0 Å². The van der Waals surface area contributed by atoms with Gasteiger partial charge in [-0.15, -0.1) is 0 Å². The molecule has 1 aliphatic carbocycles. The number of rotatable bonds is 4. The van der Waals surface area contributed by atoms with E-state index in [1.807, 2.05) is 30.3 Å². The molecule has 2 N–H and O–H groups in total. The Morgan fingerprint density at radius 3 is 2.79 bits per heavy atom. The number of phenolic OH excluding ortho intramolecular Hbond substituents is 1. The predicted molar refractivity (Wildman–Crippen MR) is 111 cm³/mol. The molecule has 2 aromatic carbocycles. The van der Waals surface area contributed by atoms with Gasteiger partial charge in [-0.25, -0.2) is 0 Å². The average Bonchev–Trinajstić information content (AvgIpc) is 2.70. The topological polar surface area (TPSA) is 52.9 Å². The van der Waals surface area contributed by atoms with Crippen molar-refractivity contribution in [2.24, 2.45) is 5.92 Å². The molecule has 2 fully saturated rings. The first-order valence-corrected chi connectivity index (χ1v) is 10.5. The Labute approximate surface area is 171 Å². The van der Waals surface area contributed by atoms with Crippen molar-refractivity contribution in [1.82, 2.24) is 4.90 Å². The molecule has 4 nitrogen and oxygen atoms in total. The van der Waals surface area contributed by atoms with Crippen molar-refractivity contribution in [3.8, 4) is 11.5 Å². The number of aromatic hydroxyl groups is 1. The molecule has 2 aliphatic rings. The zero-order chi connectivity index (χ0) is 19.7. The number of benzene rings is 2. The van der Waals surface area contributed by atoms with Gasteiger partial charge in [0.05, 0.1) is 12.7 Å². The van der Waals surface area contributed by atoms with Crippen LogP contribution in [-0.4, -0.2) is 34.4 Å². The Bertz CT molecular complexity index is 842. The number of phenols is 1. The third kappa shape index (κ3) is 3.61. The van der Waals surface area contributed by atoms with E-state index in [4.69, 9.17) is 16.3 Å². The van der Waals surface area contributed by atoms with Crippen LogP contribution in [0.3, 0.4) is 0 Å². The summed E-state index contributed by atoms with van der Waals surface area (Å²) >= 11 is 6.44. The molecule has 0 unspecified atom stereocenters. The summed E-state index contributed by atoms with van der Waals surface area (Å²) in [5, 5.41) is 22.2. The van der Waals surface area contributed by atoms with E-state index in [1.165, 1.54) is 0 Å². The van der Waals surface area contributed by atoms with Gasteiger partial charge in [0.1, 0.15) is 0 Å². The first-order valence-electron chi connectivity index (χ1n) is 10.1. The number of fused-ring (bicyclic) bond motifs is 1. The Kier molecular flexibility index (Phi) is 5.55. The number of likely N-dealkylation sites (tertiary alicyclic amines) is 1. The normalized spacial score (nSPS) is 28.0. The molecule has 4 rings (SSSR count). The molecule has 3 atom stereocenters. The highest BCUT2D eigenvalue weighted by molar-refractivity contribution is 6.31. The van der Waals surface area contributed by atoms with Crippen molar-refractivity contribution in [3.05, 3.63) is 58.6 Å². The second-order valence-electron chi connectivity index (χ2n) is 8.14. The van der Waals surface area contributed by atoms with E-state index in [9.17, 15) is 10.2 Å². The first-order chi connectivity index (χ1) is 13.5. The minimum absolute atomic E-state index is 0.0600. The summed E-state index contributed by atoms with van der Waals surface area (Å²) in [6.07, 6.45) is 4.88. The number of methoxy groups -OCH3 is 1. The second kappa shape index (κ2) is 7.94. The van der Waals surface area contributed by atoms with E-state index in [2.05, 4.69) is 11.0 Å². The van der Waals surface area contributed by atoms with Gasteiger partial charge < -0.3 is 14.9 Å². The van der Waals surface area contributed by atoms with Gasteiger partial charge in [0.2, 0.25) is 0 Å². The summed E-state index contributed by atoms with van der Waals surface area (Å²) in [5.74, 6) is 0.769. The minimum Gasteiger partial charge on any atom is -0.504 e. The maximum absolute atomic E-state index is 11.4. The van der Waals surface area contributed by atoms with Crippen LogP contribution in [0, 0.1) is 5.92 Å². The van der Waals surface area contributed by atoms with Gasteiger partial charge in [0.25, 0.3) is 0 Å². The average molecular weight is 402 g/mol. The summed E-state index contributed by atoms with van der Waals surface area (Å²) < 4.78 is 5.36. The van der Waals surface area contributed by atoms with Crippen LogP contribution in [0.15, 0.2) is 42.5 Å². The number of hydrogen-bond acceptors (Lipinski definition) is 4. The summed E-state index contributed by atoms with van der Waals surface area (Å²) in [5.41, 5.74) is 1.55. The second-order valence-corrected chi connectivity index (χ2v) is 8.55. The van der Waals surface area contributed by atoms with E-state index in [1.54, 1.807) is 13.2 Å². The van der Waals surface area contributed by atoms with Gasteiger partial charge in [-0.05, 0) is 48.6 Å². The highest BCUT2D eigenvalue weighted by atomic mass is 35.5. The molecule has 5 heteroatoms. The predicted octanol–water partition coefficient (Wildman–Crippen LogP) is 4.92. The molecule has 2 aromatic rings. The number of halogens is 1. The molecule has 1 heterocycles. The number of nitrogens with zero attached hydrogens (tertiary/aromatic N) is 1. The Morgan fingerprint density at radius 2 is 2.00 bits per heavy atom. The SMILES string of the molecule is COc1cc([C@@H]2[C@@H]3CCCC[C@]3(O)CCN2Cc2ccccc2Cl)ccc1O. The number of ether oxygens (including phenoxy) is 1. The highest BCUT2D eigenvalue weighted by Gasteiger charge is 2.49. The monoisotopic (exact) mass is 401 g/mol. The van der Waals surface area contributed by atoms with Crippen molar-refractivity contribution in [3.63, 3.8) is 0 Å². The van der Waals surface area contributed by atoms with Gasteiger partial charge in [0, 0.05) is 30.1 Å². The Balaban J connectivity index is 1.73. The summed E-state index contributed by atoms with van der Waals surface area (Å²) in [4.78, 5) is 2.43. The lowest BCUT2D eigenvalue weighted by molar-refractivity contribution is -0.126. The molecule has 1 aliphatic heterocycles. The number of hydrogen-bond donors (Lipinski definition) is 2. The molecule has 0 bridgehead atoms. The fourth-order valence-electron chi connectivity index (χ4n) is 5.09. The first kappa shape index (κ1) is 19.6. The zero-order valence-electron chi connectivity index (χ0n) is 16.3. The third-order valence-electron chi connectivity index (χ3n) is 6.55. The summed E-state index contributed by atoms with van der Waals surface area (Å²) in [6, 6.07) is 13.6. The largest absolute Gasteiger partial charge is 0.504 e. The van der Waals surface area contributed by atoms with Crippen LogP contribution in [0.1, 0.15) is 49.3 Å². The van der Waals surface area contributed by atoms with Crippen LogP contribution in [-0.2, 0) is 6.54 Å². The van der Waals surface area contributed by atoms with Gasteiger partial charge in [0.15, 0.2) is 11.5 Å². The van der Waals surface area contributed by atoms with Crippen molar-refractivity contribution in [2.45, 2.75) is 50.3 Å². The maximum atomic E-state index is 11.4. The molecule has 1 saturated carbocycles. The molecule has 0 radical (unpaired) electrons. The smallest absolute Gasteiger partial charge is 0.160 e. The molecule has 28 heavy (non-hydrogen) atoms. The van der Waals surface area contributed by atoms with Crippen molar-refractivity contribution < 1.29 is 14.9 Å². The van der Waals surface area contributed by atoms with Crippen molar-refractivity contribution in [1.29, 1.82) is 0 Å². The molecular weight excluding hydrogens is 374 g/mol. The molecule has 0 aromatic heterocycles. The number of aliphatic hydroxyl groups is 1. The lowest BCUT2D eigenvalue weighted by atomic mass is 9.66. The zero-order valence-corrected chi connectivity index (χ0v) is 17.0. The van der Waals surface area contributed by atoms with Crippen LogP contribution in [0.2, 0.25) is 5.02 Å². The quantitative estimate of drug-likeness (QED) is 0.763. The van der Waals surface area contributed by atoms with E-state index < -0.39 is 5.60 Å². The molecule has 1 saturated heterocycles. The van der Waals surface area contributed by atoms with Crippen LogP contribution in [0.5, 0.6) is 11.5 Å². The summed E-state index contributed by atoms with van der Waals surface area (Å²) in [7, 11) is 1.57. The maximum Gasteiger partial charge on any atom is 0.160 e. The molecule has 150 valence electrons. The van der Waals surface area contributed by atoms with E-state index in [0.29, 0.717) is 5.75 Å². The Morgan fingerprint density at radius 1 is 1.18 bits per heavy atom. The van der Waals surface area contributed by atoms with Gasteiger partial charge >= 0.3 is 0 Å². The Hall–Kier alpha value is -1.75. The fourth-order valence-corrected chi connectivity index (χ4v) is 5.28. The number of piperidine rings is 1. The van der Waals surface area contributed by atoms with E-state index >= 15 is 0 Å². The van der Waals surface area contributed by atoms with Gasteiger partial charge in [-0.1, -0.05) is 48.7 Å². The van der Waals surface area contributed by atoms with Crippen molar-refractivity contribution in [2.75, 3.05) is 13.7 Å². The van der Waals surface area contributed by atoms with Crippen LogP contribution >= 0.6 is 11.6 Å². The lowest BCUT2D eigenvalue weighted by Crippen LogP contribution is -2.54. The van der Waals surface area contributed by atoms with E-state index in [0.717, 1.165) is 61.3 Å².